The van der Waals surface area contributed by atoms with Crippen LogP contribution in [0.4, 0.5) is 5.13 Å². The molecule has 0 fully saturated rings. The average Bonchev–Trinajstić information content (AvgIpc) is 2.74. The van der Waals surface area contributed by atoms with Gasteiger partial charge >= 0.3 is 5.97 Å². The number of halogens is 1. The molecule has 5 nitrogen and oxygen atoms in total. The van der Waals surface area contributed by atoms with Crippen LogP contribution in [0.25, 0.3) is 0 Å². The molecule has 1 aromatic carbocycles. The lowest BCUT2D eigenvalue weighted by Crippen LogP contribution is -2.15. The van der Waals surface area contributed by atoms with Crippen molar-refractivity contribution in [3.05, 3.63) is 45.9 Å². The maximum atomic E-state index is 12.0. The van der Waals surface area contributed by atoms with Gasteiger partial charge in [-0.1, -0.05) is 41.1 Å². The molecule has 0 bridgehead atoms. The normalized spacial score (nSPS) is 10.2. The number of carbonyl (C=O) groups excluding carboxylic acids is 1. The maximum Gasteiger partial charge on any atom is 0.307 e. The molecule has 0 unspecified atom stereocenters. The van der Waals surface area contributed by atoms with Gasteiger partial charge in [-0.25, -0.2) is 4.98 Å². The van der Waals surface area contributed by atoms with Crippen LogP contribution >= 0.6 is 22.9 Å². The molecular weight excluding hydrogens is 288 g/mol. The molecule has 19 heavy (non-hydrogen) atoms. The summed E-state index contributed by atoms with van der Waals surface area (Å²) >= 11 is 6.85. The van der Waals surface area contributed by atoms with Crippen LogP contribution < -0.4 is 5.32 Å². The van der Waals surface area contributed by atoms with E-state index in [0.29, 0.717) is 20.6 Å². The van der Waals surface area contributed by atoms with Gasteiger partial charge in [0.15, 0.2) is 5.13 Å². The van der Waals surface area contributed by atoms with Crippen molar-refractivity contribution in [3.63, 3.8) is 0 Å². The van der Waals surface area contributed by atoms with Crippen LogP contribution in [0.2, 0.25) is 4.34 Å². The Morgan fingerprint density at radius 2 is 2.11 bits per heavy atom. The Balaban J connectivity index is 2.21. The van der Waals surface area contributed by atoms with E-state index in [1.54, 1.807) is 24.3 Å². The fraction of sp³-hybridized carbons (Fsp3) is 0.0833. The van der Waals surface area contributed by atoms with Gasteiger partial charge in [0.25, 0.3) is 5.91 Å². The van der Waals surface area contributed by atoms with E-state index in [1.165, 1.54) is 6.20 Å². The minimum absolute atomic E-state index is 0.206. The highest BCUT2D eigenvalue weighted by Gasteiger charge is 2.14. The number of nitrogens with one attached hydrogen (secondary N) is 1. The Bertz CT molecular complexity index is 627. The molecular formula is C12H9ClN2O3S. The molecule has 0 aliphatic carbocycles. The van der Waals surface area contributed by atoms with Crippen LogP contribution in [0.3, 0.4) is 0 Å². The van der Waals surface area contributed by atoms with Gasteiger partial charge in [-0.3, -0.25) is 14.9 Å². The fourth-order valence-electron chi connectivity index (χ4n) is 1.54. The first-order valence-electron chi connectivity index (χ1n) is 5.28. The lowest BCUT2D eigenvalue weighted by Gasteiger charge is -2.06. The van der Waals surface area contributed by atoms with E-state index >= 15 is 0 Å². The summed E-state index contributed by atoms with van der Waals surface area (Å²) in [4.78, 5) is 26.7. The molecule has 2 N–H and O–H groups in total. The topological polar surface area (TPSA) is 79.3 Å². The standard InChI is InChI=1S/C12H9ClN2O3S/c13-9-6-14-12(19-9)15-11(18)8-4-2-1-3-7(8)5-10(16)17/h1-4,6H,5H2,(H,16,17)(H,14,15,18). The molecule has 1 aromatic heterocycles. The summed E-state index contributed by atoms with van der Waals surface area (Å²) in [5.41, 5.74) is 0.770. The van der Waals surface area contributed by atoms with Gasteiger partial charge in [-0.2, -0.15) is 0 Å². The minimum Gasteiger partial charge on any atom is -0.481 e. The maximum absolute atomic E-state index is 12.0. The van der Waals surface area contributed by atoms with Crippen LogP contribution in [0.15, 0.2) is 30.5 Å². The zero-order valence-corrected chi connectivity index (χ0v) is 11.2. The molecule has 2 rings (SSSR count). The molecule has 1 amide bonds. The van der Waals surface area contributed by atoms with E-state index in [4.69, 9.17) is 16.7 Å². The largest absolute Gasteiger partial charge is 0.481 e. The number of carboxylic acid groups (broad SMARTS) is 1. The van der Waals surface area contributed by atoms with E-state index in [0.717, 1.165) is 11.3 Å². The first kappa shape index (κ1) is 13.5. The molecule has 7 heteroatoms. The van der Waals surface area contributed by atoms with Crippen molar-refractivity contribution >= 4 is 39.9 Å². The Hall–Kier alpha value is -1.92. The van der Waals surface area contributed by atoms with E-state index in [1.807, 2.05) is 0 Å². The smallest absolute Gasteiger partial charge is 0.307 e. The number of thiazole rings is 1. The summed E-state index contributed by atoms with van der Waals surface area (Å²) in [7, 11) is 0. The summed E-state index contributed by atoms with van der Waals surface area (Å²) in [6, 6.07) is 6.55. The van der Waals surface area contributed by atoms with Crippen LogP contribution in [0, 0.1) is 0 Å². The van der Waals surface area contributed by atoms with Crippen molar-refractivity contribution in [2.75, 3.05) is 5.32 Å². The van der Waals surface area contributed by atoms with Crippen molar-refractivity contribution in [2.24, 2.45) is 0 Å². The second-order valence-electron chi connectivity index (χ2n) is 3.65. The molecule has 0 aliphatic rings. The van der Waals surface area contributed by atoms with E-state index in [2.05, 4.69) is 10.3 Å². The molecule has 0 spiro atoms. The zero-order chi connectivity index (χ0) is 13.8. The van der Waals surface area contributed by atoms with Gasteiger partial charge in [-0.05, 0) is 11.6 Å². The molecule has 0 atom stereocenters. The summed E-state index contributed by atoms with van der Waals surface area (Å²) in [5.74, 6) is -1.39. The Morgan fingerprint density at radius 1 is 1.37 bits per heavy atom. The van der Waals surface area contributed by atoms with Crippen LogP contribution in [0.5, 0.6) is 0 Å². The third kappa shape index (κ3) is 3.52. The Morgan fingerprint density at radius 3 is 2.74 bits per heavy atom. The van der Waals surface area contributed by atoms with E-state index in [-0.39, 0.29) is 6.42 Å². The first-order chi connectivity index (χ1) is 9.06. The number of hydrogen-bond donors (Lipinski definition) is 2. The minimum atomic E-state index is -0.988. The van der Waals surface area contributed by atoms with Crippen LogP contribution in [-0.4, -0.2) is 22.0 Å². The number of aromatic nitrogens is 1. The van der Waals surface area contributed by atoms with Crippen molar-refractivity contribution < 1.29 is 14.7 Å². The highest BCUT2D eigenvalue weighted by atomic mass is 35.5. The monoisotopic (exact) mass is 296 g/mol. The number of carbonyl (C=O) groups is 2. The van der Waals surface area contributed by atoms with Gasteiger partial charge in [0, 0.05) is 5.56 Å². The lowest BCUT2D eigenvalue weighted by molar-refractivity contribution is -0.136. The number of carboxylic acids is 1. The number of anilines is 1. The summed E-state index contributed by atoms with van der Waals surface area (Å²) in [6.45, 7) is 0. The SMILES string of the molecule is O=C(O)Cc1ccccc1C(=O)Nc1ncc(Cl)s1. The predicted octanol–water partition coefficient (Wildman–Crippen LogP) is 2.68. The van der Waals surface area contributed by atoms with Crippen LogP contribution in [-0.2, 0) is 11.2 Å². The highest BCUT2D eigenvalue weighted by molar-refractivity contribution is 7.19. The zero-order valence-electron chi connectivity index (χ0n) is 9.59. The van der Waals surface area contributed by atoms with E-state index < -0.39 is 11.9 Å². The molecule has 1 heterocycles. The van der Waals surface area contributed by atoms with Gasteiger partial charge in [0.05, 0.1) is 12.6 Å². The summed E-state index contributed by atoms with van der Waals surface area (Å²) in [5, 5.41) is 11.8. The number of nitrogens with zero attached hydrogens (tertiary/aromatic N) is 1. The van der Waals surface area contributed by atoms with Gasteiger partial charge in [0.1, 0.15) is 4.34 Å². The van der Waals surface area contributed by atoms with Crippen molar-refractivity contribution in [1.82, 2.24) is 4.98 Å². The quantitative estimate of drug-likeness (QED) is 0.909. The van der Waals surface area contributed by atoms with Gasteiger partial charge in [0.2, 0.25) is 0 Å². The number of rotatable bonds is 4. The third-order valence-corrected chi connectivity index (χ3v) is 3.33. The number of benzene rings is 1. The second-order valence-corrected chi connectivity index (χ2v) is 5.31. The number of hydrogen-bond acceptors (Lipinski definition) is 4. The summed E-state index contributed by atoms with van der Waals surface area (Å²) < 4.78 is 0.467. The van der Waals surface area contributed by atoms with E-state index in [9.17, 15) is 9.59 Å². The Labute approximate surface area is 117 Å². The molecule has 0 saturated carbocycles. The molecule has 0 saturated heterocycles. The van der Waals surface area contributed by atoms with Crippen molar-refractivity contribution in [3.8, 4) is 0 Å². The highest BCUT2D eigenvalue weighted by Crippen LogP contribution is 2.23. The predicted molar refractivity (Wildman–Crippen MR) is 72.9 cm³/mol. The average molecular weight is 297 g/mol. The third-order valence-electron chi connectivity index (χ3n) is 2.30. The van der Waals surface area contributed by atoms with Crippen LogP contribution in [0.1, 0.15) is 15.9 Å². The number of amides is 1. The molecule has 0 radical (unpaired) electrons. The lowest BCUT2D eigenvalue weighted by atomic mass is 10.0. The molecule has 0 aliphatic heterocycles. The van der Waals surface area contributed by atoms with Crippen molar-refractivity contribution in [2.45, 2.75) is 6.42 Å². The number of aliphatic carboxylic acids is 1. The summed E-state index contributed by atoms with van der Waals surface area (Å²) in [6.07, 6.45) is 1.23. The fourth-order valence-corrected chi connectivity index (χ4v) is 2.34. The molecule has 2 aromatic rings. The van der Waals surface area contributed by atoms with Crippen molar-refractivity contribution in [1.29, 1.82) is 0 Å². The Kier molecular flexibility index (Phi) is 4.13. The molecule has 98 valence electrons. The van der Waals surface area contributed by atoms with Gasteiger partial charge in [-0.15, -0.1) is 0 Å². The van der Waals surface area contributed by atoms with Gasteiger partial charge < -0.3 is 5.11 Å². The first-order valence-corrected chi connectivity index (χ1v) is 6.48. The second kappa shape index (κ2) is 5.81.